The van der Waals surface area contributed by atoms with Crippen molar-refractivity contribution in [1.29, 1.82) is 0 Å². The van der Waals surface area contributed by atoms with Gasteiger partial charge in [0.15, 0.2) is 0 Å². The molecule has 2 atom stereocenters. The van der Waals surface area contributed by atoms with E-state index in [1.54, 1.807) is 9.80 Å². The Morgan fingerprint density at radius 2 is 1.04 bits per heavy atom. The Kier molecular flexibility index (Phi) is 6.15. The summed E-state index contributed by atoms with van der Waals surface area (Å²) in [5.74, 6) is 0. The second-order valence-electron chi connectivity index (χ2n) is 6.60. The fraction of sp³-hybridized carbons (Fsp3) is 0.750. The summed E-state index contributed by atoms with van der Waals surface area (Å²) < 4.78 is 9.76. The van der Waals surface area contributed by atoms with Crippen LogP contribution in [0, 0.1) is 31.8 Å². The van der Waals surface area contributed by atoms with E-state index in [1.807, 2.05) is 13.8 Å². The molecule has 142 valence electrons. The summed E-state index contributed by atoms with van der Waals surface area (Å²) in [7, 11) is 0. The fourth-order valence-corrected chi connectivity index (χ4v) is 11.8. The van der Waals surface area contributed by atoms with Crippen molar-refractivity contribution in [2.24, 2.45) is 0 Å². The zero-order valence-electron chi connectivity index (χ0n) is 14.5. The van der Waals surface area contributed by atoms with E-state index < -0.39 is 38.1 Å². The van der Waals surface area contributed by atoms with Gasteiger partial charge in [-0.1, -0.05) is 0 Å². The molecule has 5 fully saturated rings. The molecule has 8 nitrogen and oxygen atoms in total. The predicted octanol–water partition coefficient (Wildman–Crippen LogP) is -1.30. The molecule has 0 aromatic rings. The minimum atomic E-state index is -4.62. The van der Waals surface area contributed by atoms with Gasteiger partial charge >= 0.3 is 155 Å². The van der Waals surface area contributed by atoms with Gasteiger partial charge in [0.25, 0.3) is 0 Å². The van der Waals surface area contributed by atoms with Gasteiger partial charge in [-0.3, -0.25) is 0 Å². The van der Waals surface area contributed by atoms with Crippen molar-refractivity contribution < 1.29 is 60.5 Å². The summed E-state index contributed by atoms with van der Waals surface area (Å²) in [5.41, 5.74) is 0. The van der Waals surface area contributed by atoms with Crippen LogP contribution in [0.15, 0.2) is 0 Å². The van der Waals surface area contributed by atoms with Crippen LogP contribution in [0.3, 0.4) is 0 Å². The van der Waals surface area contributed by atoms with Crippen LogP contribution < -0.4 is 0 Å². The maximum absolute atomic E-state index is 12.8. The van der Waals surface area contributed by atoms with E-state index in [-0.39, 0.29) is 38.4 Å². The molecule has 0 aromatic carbocycles. The fourth-order valence-electron chi connectivity index (χ4n) is 3.38. The first kappa shape index (κ1) is 19.6. The number of carbonyl (C=O) groups is 4. The van der Waals surface area contributed by atoms with Gasteiger partial charge < -0.3 is 0 Å². The number of fused-ring (bicyclic) bond motifs is 2. The summed E-state index contributed by atoms with van der Waals surface area (Å²) in [6.07, 6.45) is -0.336. The molecule has 0 saturated carbocycles. The molecule has 5 heterocycles. The van der Waals surface area contributed by atoms with Gasteiger partial charge in [0.2, 0.25) is 0 Å². The summed E-state index contributed by atoms with van der Waals surface area (Å²) in [6.45, 7) is 5.44. The molecule has 25 heavy (non-hydrogen) atoms. The molecule has 0 radical (unpaired) electrons. The molecule has 0 N–H and O–H groups in total. The number of hydrogen-bond acceptors (Lipinski definition) is 8. The monoisotopic (exact) mass is 498 g/mol. The van der Waals surface area contributed by atoms with Crippen molar-refractivity contribution in [3.05, 3.63) is 0 Å². The van der Waals surface area contributed by atoms with Crippen LogP contribution in [0.25, 0.3) is 0 Å². The van der Waals surface area contributed by atoms with Crippen molar-refractivity contribution >= 4 is 6.25 Å². The molecule has 5 rings (SSSR count). The van der Waals surface area contributed by atoms with Gasteiger partial charge in [-0.25, -0.2) is 0 Å². The number of ether oxygens (including phenoxy) is 2. The number of nitrogens with zero attached hydrogens (tertiary/aromatic N) is 2. The normalized spacial score (nSPS) is 43.4. The van der Waals surface area contributed by atoms with E-state index in [4.69, 9.17) is 9.47 Å². The predicted molar refractivity (Wildman–Crippen MR) is 83.7 cm³/mol. The Morgan fingerprint density at radius 1 is 0.720 bits per heavy atom. The third-order valence-corrected chi connectivity index (χ3v) is 13.5. The van der Waals surface area contributed by atoms with Crippen LogP contribution in [0.1, 0.15) is 13.8 Å². The van der Waals surface area contributed by atoms with Gasteiger partial charge in [-0.05, 0) is 0 Å². The average molecular weight is 498 g/mol. The van der Waals surface area contributed by atoms with Crippen molar-refractivity contribution in [3.8, 4) is 0 Å². The average Bonchev–Trinajstić information content (AvgIpc) is 2.50. The standard InChI is InChI=1S/C16H24N2O6.Gd/c1-15(13-17(3-7-19)4-8-20)23-11-12-24-16(2)14-18(5-9-21)6-10-22;/h15-16H,3-6,11-14H2,1-2H3;. The van der Waals surface area contributed by atoms with E-state index in [0.29, 0.717) is 26.3 Å². The third-order valence-electron chi connectivity index (χ3n) is 4.48. The van der Waals surface area contributed by atoms with Gasteiger partial charge in [0.1, 0.15) is 0 Å². The third kappa shape index (κ3) is 3.78. The van der Waals surface area contributed by atoms with Gasteiger partial charge in [0.05, 0.1) is 0 Å². The minimum absolute atomic E-state index is 0.00688. The second kappa shape index (κ2) is 7.84. The molecule has 5 aliphatic rings. The molecular formula is C16H24GdN2O6. The van der Waals surface area contributed by atoms with Crippen LogP contribution in [0.2, 0.25) is 0 Å². The van der Waals surface area contributed by atoms with Crippen LogP contribution in [0.5, 0.6) is 0 Å². The maximum atomic E-state index is 12.8. The van der Waals surface area contributed by atoms with E-state index in [2.05, 4.69) is 0 Å². The Balaban J connectivity index is 1.91. The van der Waals surface area contributed by atoms with Crippen LogP contribution in [-0.4, -0.2) is 80.7 Å². The molecule has 5 saturated heterocycles. The van der Waals surface area contributed by atoms with Crippen molar-refractivity contribution in [2.75, 3.05) is 52.5 Å². The number of carbonyl (C=O) groups excluding carboxylic acids is 4. The SMILES string of the molecule is CC1CN2C[C](=O)[Gd]3([C](=O)C2)[C](=O)CN(C[C]3=O)CC(C)OCCO1. The van der Waals surface area contributed by atoms with E-state index in [1.165, 1.54) is 0 Å². The quantitative estimate of drug-likeness (QED) is 0.408. The van der Waals surface area contributed by atoms with Gasteiger partial charge in [-0.15, -0.1) is 0 Å². The first-order valence-corrected chi connectivity index (χ1v) is 12.9. The van der Waals surface area contributed by atoms with Crippen molar-refractivity contribution in [2.45, 2.75) is 26.1 Å². The molecule has 0 amide bonds. The Bertz CT molecular complexity index is 518. The Labute approximate surface area is 154 Å². The molecule has 9 heteroatoms. The molecule has 3 bridgehead atoms. The van der Waals surface area contributed by atoms with Crippen molar-refractivity contribution in [3.63, 3.8) is 0 Å². The topological polar surface area (TPSA) is 93.2 Å². The number of hydrogen-bond donors (Lipinski definition) is 0. The molecular weight excluding hydrogens is 473 g/mol. The molecule has 0 aromatic heterocycles. The van der Waals surface area contributed by atoms with Crippen LogP contribution in [-0.2, 0) is 28.7 Å². The molecule has 0 aliphatic carbocycles. The summed E-state index contributed by atoms with van der Waals surface area (Å²) >= 11 is -4.62. The number of rotatable bonds is 0. The van der Waals surface area contributed by atoms with Crippen molar-refractivity contribution in [1.82, 2.24) is 9.80 Å². The van der Waals surface area contributed by atoms with Gasteiger partial charge in [0, 0.05) is 0 Å². The van der Waals surface area contributed by atoms with E-state index >= 15 is 0 Å². The Hall–Kier alpha value is -0.155. The molecule has 1 spiro atoms. The first-order valence-electron chi connectivity index (χ1n) is 8.36. The summed E-state index contributed by atoms with van der Waals surface area (Å²) in [6, 6.07) is 0. The second-order valence-corrected chi connectivity index (χ2v) is 15.1. The van der Waals surface area contributed by atoms with Crippen LogP contribution >= 0.6 is 0 Å². The zero-order valence-corrected chi connectivity index (χ0v) is 16.8. The van der Waals surface area contributed by atoms with E-state index in [9.17, 15) is 19.2 Å². The molecule has 2 unspecified atom stereocenters. The van der Waals surface area contributed by atoms with Crippen LogP contribution in [0.4, 0.5) is 0 Å². The summed E-state index contributed by atoms with van der Waals surface area (Å²) in [5, 5.41) is 0. The van der Waals surface area contributed by atoms with E-state index in [0.717, 1.165) is 0 Å². The first-order chi connectivity index (χ1) is 11.8. The Morgan fingerprint density at radius 3 is 1.36 bits per heavy atom. The summed E-state index contributed by atoms with van der Waals surface area (Å²) in [4.78, 5) is 54.6. The van der Waals surface area contributed by atoms with Gasteiger partial charge in [-0.2, -0.15) is 0 Å². The molecule has 5 aliphatic heterocycles. The zero-order chi connectivity index (χ0) is 18.2.